The average Bonchev–Trinajstić information content (AvgIpc) is 2.28. The van der Waals surface area contributed by atoms with Crippen molar-refractivity contribution >= 4 is 11.8 Å². The molecule has 0 saturated carbocycles. The Bertz CT molecular complexity index is 354. The number of rotatable bonds is 2. The van der Waals surface area contributed by atoms with Crippen LogP contribution in [0.4, 0.5) is 0 Å². The van der Waals surface area contributed by atoms with Crippen LogP contribution in [0.2, 0.25) is 0 Å². The molecule has 1 saturated heterocycles. The van der Waals surface area contributed by atoms with Gasteiger partial charge in [0, 0.05) is 25.7 Å². The van der Waals surface area contributed by atoms with E-state index in [0.29, 0.717) is 13.2 Å². The second-order valence-electron chi connectivity index (χ2n) is 4.67. The van der Waals surface area contributed by atoms with E-state index in [9.17, 15) is 14.7 Å². The Balaban J connectivity index is 2.20. The third kappa shape index (κ3) is 2.49. The lowest BCUT2D eigenvalue weighted by atomic mass is 9.71. The third-order valence-electron chi connectivity index (χ3n) is 3.63. The minimum Gasteiger partial charge on any atom is -0.511 e. The van der Waals surface area contributed by atoms with Crippen molar-refractivity contribution in [3.8, 4) is 0 Å². The predicted molar refractivity (Wildman–Crippen MR) is 58.5 cm³/mol. The van der Waals surface area contributed by atoms with E-state index < -0.39 is 11.9 Å². The van der Waals surface area contributed by atoms with Gasteiger partial charge in [0.1, 0.15) is 11.7 Å². The topological polar surface area (TPSA) is 83.8 Å². The second kappa shape index (κ2) is 4.87. The highest BCUT2D eigenvalue weighted by Gasteiger charge is 2.41. The molecule has 2 atom stereocenters. The fourth-order valence-electron chi connectivity index (χ4n) is 2.78. The van der Waals surface area contributed by atoms with E-state index in [4.69, 9.17) is 9.84 Å². The van der Waals surface area contributed by atoms with Crippen LogP contribution in [0.5, 0.6) is 0 Å². The van der Waals surface area contributed by atoms with Crippen molar-refractivity contribution in [3.63, 3.8) is 0 Å². The summed E-state index contributed by atoms with van der Waals surface area (Å²) in [5.74, 6) is -2.63. The van der Waals surface area contributed by atoms with E-state index in [-0.39, 0.29) is 29.8 Å². The number of carbonyl (C=O) groups is 2. The third-order valence-corrected chi connectivity index (χ3v) is 3.63. The first-order valence-corrected chi connectivity index (χ1v) is 5.83. The summed E-state index contributed by atoms with van der Waals surface area (Å²) in [6, 6.07) is 0. The summed E-state index contributed by atoms with van der Waals surface area (Å²) in [6.45, 7) is 1.21. The van der Waals surface area contributed by atoms with Gasteiger partial charge >= 0.3 is 5.97 Å². The number of ether oxygens (including phenoxy) is 1. The molecule has 0 aromatic rings. The SMILES string of the molecule is O=C1C=C(O)C(C(=O)O)C(C2CCOCC2)C1. The first-order chi connectivity index (χ1) is 8.09. The van der Waals surface area contributed by atoms with Gasteiger partial charge in [-0.25, -0.2) is 0 Å². The highest BCUT2D eigenvalue weighted by atomic mass is 16.5. The molecule has 5 heteroatoms. The zero-order valence-electron chi connectivity index (χ0n) is 9.46. The standard InChI is InChI=1S/C12H16O5/c13-8-5-9(7-1-3-17-4-2-7)11(12(15)16)10(14)6-8/h6-7,9,11,14H,1-5H2,(H,15,16). The van der Waals surface area contributed by atoms with Gasteiger partial charge in [-0.05, 0) is 24.7 Å². The molecular formula is C12H16O5. The Morgan fingerprint density at radius 1 is 1.35 bits per heavy atom. The van der Waals surface area contributed by atoms with E-state index in [1.807, 2.05) is 0 Å². The van der Waals surface area contributed by atoms with Gasteiger partial charge in [-0.1, -0.05) is 0 Å². The summed E-state index contributed by atoms with van der Waals surface area (Å²) in [5.41, 5.74) is 0. The summed E-state index contributed by atoms with van der Waals surface area (Å²) in [5, 5.41) is 18.8. The van der Waals surface area contributed by atoms with Gasteiger partial charge in [-0.3, -0.25) is 9.59 Å². The monoisotopic (exact) mass is 240 g/mol. The lowest BCUT2D eigenvalue weighted by molar-refractivity contribution is -0.145. The van der Waals surface area contributed by atoms with Crippen molar-refractivity contribution in [1.82, 2.24) is 0 Å². The van der Waals surface area contributed by atoms with Crippen molar-refractivity contribution < 1.29 is 24.5 Å². The molecule has 0 amide bonds. The normalized spacial score (nSPS) is 31.1. The molecule has 1 fully saturated rings. The fourth-order valence-corrected chi connectivity index (χ4v) is 2.78. The molecule has 0 aromatic carbocycles. The van der Waals surface area contributed by atoms with Crippen LogP contribution >= 0.6 is 0 Å². The molecule has 1 aliphatic heterocycles. The van der Waals surface area contributed by atoms with Crippen molar-refractivity contribution in [2.24, 2.45) is 17.8 Å². The number of aliphatic hydroxyl groups is 1. The molecule has 0 radical (unpaired) electrons. The molecule has 1 heterocycles. The Hall–Kier alpha value is -1.36. The first kappa shape index (κ1) is 12.1. The molecule has 94 valence electrons. The van der Waals surface area contributed by atoms with Gasteiger partial charge in [0.25, 0.3) is 0 Å². The fraction of sp³-hybridized carbons (Fsp3) is 0.667. The largest absolute Gasteiger partial charge is 0.511 e. The van der Waals surface area contributed by atoms with Crippen molar-refractivity contribution in [1.29, 1.82) is 0 Å². The molecule has 0 bridgehead atoms. The maximum absolute atomic E-state index is 11.4. The van der Waals surface area contributed by atoms with E-state index >= 15 is 0 Å². The Morgan fingerprint density at radius 2 is 2.00 bits per heavy atom. The van der Waals surface area contributed by atoms with Crippen molar-refractivity contribution in [3.05, 3.63) is 11.8 Å². The zero-order valence-corrected chi connectivity index (χ0v) is 9.46. The number of hydrogen-bond acceptors (Lipinski definition) is 4. The summed E-state index contributed by atoms with van der Waals surface area (Å²) >= 11 is 0. The lowest BCUT2D eigenvalue weighted by Gasteiger charge is -2.35. The summed E-state index contributed by atoms with van der Waals surface area (Å²) < 4.78 is 5.23. The molecule has 0 aromatic heterocycles. The quantitative estimate of drug-likeness (QED) is 0.756. The number of ketones is 1. The molecule has 2 unspecified atom stereocenters. The number of carbonyl (C=O) groups excluding carboxylic acids is 1. The smallest absolute Gasteiger partial charge is 0.314 e. The summed E-state index contributed by atoms with van der Waals surface area (Å²) in [6.07, 6.45) is 2.78. The summed E-state index contributed by atoms with van der Waals surface area (Å²) in [4.78, 5) is 22.6. The van der Waals surface area contributed by atoms with E-state index in [2.05, 4.69) is 0 Å². The molecule has 1 aliphatic carbocycles. The van der Waals surface area contributed by atoms with Gasteiger partial charge in [-0.2, -0.15) is 0 Å². The maximum atomic E-state index is 11.4. The number of hydrogen-bond donors (Lipinski definition) is 2. The van der Waals surface area contributed by atoms with E-state index in [0.717, 1.165) is 18.9 Å². The molecule has 2 N–H and O–H groups in total. The Morgan fingerprint density at radius 3 is 2.59 bits per heavy atom. The van der Waals surface area contributed by atoms with Crippen LogP contribution in [-0.4, -0.2) is 35.2 Å². The van der Waals surface area contributed by atoms with Crippen LogP contribution < -0.4 is 0 Å². The summed E-state index contributed by atoms with van der Waals surface area (Å²) in [7, 11) is 0. The van der Waals surface area contributed by atoms with Gasteiger partial charge in [0.2, 0.25) is 0 Å². The number of carboxylic acids is 1. The average molecular weight is 240 g/mol. The Labute approximate surface area is 99.1 Å². The molecular weight excluding hydrogens is 224 g/mol. The van der Waals surface area contributed by atoms with Crippen molar-refractivity contribution in [2.75, 3.05) is 13.2 Å². The van der Waals surface area contributed by atoms with Gasteiger partial charge < -0.3 is 14.9 Å². The van der Waals surface area contributed by atoms with Crippen LogP contribution in [0, 0.1) is 17.8 Å². The predicted octanol–water partition coefficient (Wildman–Crippen LogP) is 1.14. The zero-order chi connectivity index (χ0) is 12.4. The van der Waals surface area contributed by atoms with Gasteiger partial charge in [-0.15, -0.1) is 0 Å². The van der Waals surface area contributed by atoms with Gasteiger partial charge in [0.05, 0.1) is 0 Å². The van der Waals surface area contributed by atoms with Crippen LogP contribution in [-0.2, 0) is 14.3 Å². The molecule has 0 spiro atoms. The maximum Gasteiger partial charge on any atom is 0.314 e. The lowest BCUT2D eigenvalue weighted by Crippen LogP contribution is -2.37. The molecule has 17 heavy (non-hydrogen) atoms. The van der Waals surface area contributed by atoms with Crippen LogP contribution in [0.1, 0.15) is 19.3 Å². The number of allylic oxidation sites excluding steroid dienone is 1. The van der Waals surface area contributed by atoms with Crippen LogP contribution in [0.25, 0.3) is 0 Å². The molecule has 2 aliphatic rings. The van der Waals surface area contributed by atoms with Gasteiger partial charge in [0.15, 0.2) is 5.78 Å². The second-order valence-corrected chi connectivity index (χ2v) is 4.67. The minimum absolute atomic E-state index is 0.143. The minimum atomic E-state index is -1.05. The van der Waals surface area contributed by atoms with Crippen LogP contribution in [0.15, 0.2) is 11.8 Å². The number of carboxylic acid groups (broad SMARTS) is 1. The Kier molecular flexibility index (Phi) is 3.47. The van der Waals surface area contributed by atoms with E-state index in [1.165, 1.54) is 0 Å². The van der Waals surface area contributed by atoms with Crippen LogP contribution in [0.3, 0.4) is 0 Å². The highest BCUT2D eigenvalue weighted by molar-refractivity contribution is 5.93. The molecule has 5 nitrogen and oxygen atoms in total. The van der Waals surface area contributed by atoms with Crippen molar-refractivity contribution in [2.45, 2.75) is 19.3 Å². The first-order valence-electron chi connectivity index (χ1n) is 5.83. The highest BCUT2D eigenvalue weighted by Crippen LogP contribution is 2.38. The molecule has 2 rings (SSSR count). The van der Waals surface area contributed by atoms with E-state index in [1.54, 1.807) is 0 Å². The number of aliphatic hydroxyl groups excluding tert-OH is 1. The number of aliphatic carboxylic acids is 1.